The Bertz CT molecular complexity index is 814. The molecule has 3 aromatic rings. The molecular weight excluding hydrogens is 294 g/mol. The molecule has 0 saturated heterocycles. The van der Waals surface area contributed by atoms with Crippen LogP contribution in [0.15, 0.2) is 60.2 Å². The van der Waals surface area contributed by atoms with Gasteiger partial charge in [0.25, 0.3) is 5.91 Å². The number of nitrogens with one attached hydrogen (secondary N) is 2. The van der Waals surface area contributed by atoms with Crippen molar-refractivity contribution >= 4 is 22.2 Å². The molecule has 108 valence electrons. The number of carbonyl (C=O) groups excluding carboxylic acids is 1. The SMILES string of the molecule is O=C1N[C@H](c2ccncc2)Nc2scc(-c3ccccc3)c21. The summed E-state index contributed by atoms with van der Waals surface area (Å²) in [5.41, 5.74) is 3.74. The van der Waals surface area contributed by atoms with Crippen molar-refractivity contribution in [1.29, 1.82) is 0 Å². The molecule has 0 spiro atoms. The fourth-order valence-corrected chi connectivity index (χ4v) is 3.61. The summed E-state index contributed by atoms with van der Waals surface area (Å²) in [5.74, 6) is -0.0457. The summed E-state index contributed by atoms with van der Waals surface area (Å²) in [6.07, 6.45) is 3.23. The van der Waals surface area contributed by atoms with Crippen LogP contribution in [-0.2, 0) is 0 Å². The first kappa shape index (κ1) is 13.0. The molecule has 0 aliphatic carbocycles. The Hall–Kier alpha value is -2.66. The van der Waals surface area contributed by atoms with Gasteiger partial charge in [-0.2, -0.15) is 0 Å². The summed E-state index contributed by atoms with van der Waals surface area (Å²) >= 11 is 1.56. The van der Waals surface area contributed by atoms with E-state index in [-0.39, 0.29) is 12.1 Å². The molecule has 0 bridgehead atoms. The van der Waals surface area contributed by atoms with E-state index in [2.05, 4.69) is 15.6 Å². The number of thiophene rings is 1. The third-order valence-corrected chi connectivity index (χ3v) is 4.60. The Morgan fingerprint density at radius 3 is 2.55 bits per heavy atom. The third kappa shape index (κ3) is 2.16. The molecule has 0 saturated carbocycles. The largest absolute Gasteiger partial charge is 0.353 e. The Labute approximate surface area is 131 Å². The second-order valence-corrected chi connectivity index (χ2v) is 5.93. The number of rotatable bonds is 2. The van der Waals surface area contributed by atoms with Crippen LogP contribution in [0.25, 0.3) is 11.1 Å². The zero-order valence-corrected chi connectivity index (χ0v) is 12.4. The lowest BCUT2D eigenvalue weighted by atomic mass is 10.0. The first-order chi connectivity index (χ1) is 10.8. The third-order valence-electron chi connectivity index (χ3n) is 3.69. The van der Waals surface area contributed by atoms with Gasteiger partial charge in [-0.25, -0.2) is 0 Å². The molecular formula is C17H13N3OS. The molecule has 2 aromatic heterocycles. The molecule has 1 aromatic carbocycles. The van der Waals surface area contributed by atoms with E-state index in [0.29, 0.717) is 0 Å². The average Bonchev–Trinajstić information content (AvgIpc) is 3.01. The lowest BCUT2D eigenvalue weighted by Crippen LogP contribution is -2.37. The molecule has 1 aliphatic rings. The summed E-state index contributed by atoms with van der Waals surface area (Å²) in [7, 11) is 0. The van der Waals surface area contributed by atoms with Crippen LogP contribution in [0.3, 0.4) is 0 Å². The van der Waals surface area contributed by atoms with Crippen molar-refractivity contribution in [3.05, 3.63) is 71.4 Å². The monoisotopic (exact) mass is 307 g/mol. The number of carbonyl (C=O) groups is 1. The highest BCUT2D eigenvalue weighted by molar-refractivity contribution is 7.15. The van der Waals surface area contributed by atoms with E-state index in [4.69, 9.17) is 0 Å². The molecule has 1 amide bonds. The molecule has 1 aliphatic heterocycles. The van der Waals surface area contributed by atoms with Crippen LogP contribution in [0.2, 0.25) is 0 Å². The van der Waals surface area contributed by atoms with Crippen molar-refractivity contribution < 1.29 is 4.79 Å². The molecule has 3 heterocycles. The highest BCUT2D eigenvalue weighted by Gasteiger charge is 2.29. The maximum absolute atomic E-state index is 12.6. The van der Waals surface area contributed by atoms with Gasteiger partial charge in [0.1, 0.15) is 11.2 Å². The van der Waals surface area contributed by atoms with E-state index < -0.39 is 0 Å². The Kier molecular flexibility index (Phi) is 3.12. The zero-order valence-electron chi connectivity index (χ0n) is 11.6. The van der Waals surface area contributed by atoms with Crippen LogP contribution in [-0.4, -0.2) is 10.9 Å². The number of benzene rings is 1. The zero-order chi connectivity index (χ0) is 14.9. The van der Waals surface area contributed by atoms with Crippen molar-refractivity contribution in [2.45, 2.75) is 6.17 Å². The van der Waals surface area contributed by atoms with Crippen molar-refractivity contribution in [2.75, 3.05) is 5.32 Å². The summed E-state index contributed by atoms with van der Waals surface area (Å²) < 4.78 is 0. The fraction of sp³-hybridized carbons (Fsp3) is 0.0588. The summed E-state index contributed by atoms with van der Waals surface area (Å²) in [4.78, 5) is 16.6. The predicted octanol–water partition coefficient (Wildman–Crippen LogP) is 3.66. The number of aromatic nitrogens is 1. The number of amides is 1. The van der Waals surface area contributed by atoms with Gasteiger partial charge in [0.05, 0.1) is 5.56 Å². The Balaban J connectivity index is 1.73. The number of nitrogens with zero attached hydrogens (tertiary/aromatic N) is 1. The van der Waals surface area contributed by atoms with Gasteiger partial charge in [-0.1, -0.05) is 30.3 Å². The van der Waals surface area contributed by atoms with Gasteiger partial charge >= 0.3 is 0 Å². The van der Waals surface area contributed by atoms with Gasteiger partial charge < -0.3 is 10.6 Å². The van der Waals surface area contributed by atoms with Crippen LogP contribution >= 0.6 is 11.3 Å². The maximum Gasteiger partial charge on any atom is 0.256 e. The quantitative estimate of drug-likeness (QED) is 0.759. The average molecular weight is 307 g/mol. The van der Waals surface area contributed by atoms with Crippen molar-refractivity contribution in [3.63, 3.8) is 0 Å². The smallest absolute Gasteiger partial charge is 0.256 e. The molecule has 0 unspecified atom stereocenters. The first-order valence-electron chi connectivity index (χ1n) is 6.97. The molecule has 2 N–H and O–H groups in total. The minimum absolute atomic E-state index is 0.0457. The lowest BCUT2D eigenvalue weighted by Gasteiger charge is -2.26. The van der Waals surface area contributed by atoms with Gasteiger partial charge in [0.2, 0.25) is 0 Å². The van der Waals surface area contributed by atoms with E-state index in [0.717, 1.165) is 27.3 Å². The van der Waals surface area contributed by atoms with E-state index in [9.17, 15) is 4.79 Å². The van der Waals surface area contributed by atoms with Gasteiger partial charge in [-0.15, -0.1) is 11.3 Å². The second kappa shape index (κ2) is 5.27. The molecule has 1 atom stereocenters. The van der Waals surface area contributed by atoms with Crippen molar-refractivity contribution in [3.8, 4) is 11.1 Å². The highest BCUT2D eigenvalue weighted by Crippen LogP contribution is 2.39. The number of fused-ring (bicyclic) bond motifs is 1. The van der Waals surface area contributed by atoms with Crippen molar-refractivity contribution in [1.82, 2.24) is 10.3 Å². The van der Waals surface area contributed by atoms with E-state index in [1.165, 1.54) is 0 Å². The lowest BCUT2D eigenvalue weighted by molar-refractivity contribution is 0.0937. The van der Waals surface area contributed by atoms with Crippen molar-refractivity contribution in [2.24, 2.45) is 0 Å². The normalized spacial score (nSPS) is 16.5. The van der Waals surface area contributed by atoms with Gasteiger partial charge in [-0.05, 0) is 23.3 Å². The first-order valence-corrected chi connectivity index (χ1v) is 7.85. The predicted molar refractivity (Wildman–Crippen MR) is 87.8 cm³/mol. The second-order valence-electron chi connectivity index (χ2n) is 5.05. The molecule has 4 rings (SSSR count). The van der Waals surface area contributed by atoms with Crippen LogP contribution in [0, 0.1) is 0 Å². The van der Waals surface area contributed by atoms with Gasteiger partial charge in [-0.3, -0.25) is 9.78 Å². The highest BCUT2D eigenvalue weighted by atomic mass is 32.1. The van der Waals surface area contributed by atoms with Crippen LogP contribution < -0.4 is 10.6 Å². The van der Waals surface area contributed by atoms with E-state index >= 15 is 0 Å². The fourth-order valence-electron chi connectivity index (χ4n) is 2.61. The Morgan fingerprint density at radius 2 is 1.77 bits per heavy atom. The molecule has 0 fully saturated rings. The molecule has 22 heavy (non-hydrogen) atoms. The van der Waals surface area contributed by atoms with Gasteiger partial charge in [0.15, 0.2) is 0 Å². The maximum atomic E-state index is 12.6. The summed E-state index contributed by atoms with van der Waals surface area (Å²) in [5, 5.41) is 9.34. The summed E-state index contributed by atoms with van der Waals surface area (Å²) in [6, 6.07) is 13.8. The topological polar surface area (TPSA) is 54.0 Å². The van der Waals surface area contributed by atoms with E-state index in [1.54, 1.807) is 23.7 Å². The molecule has 4 nitrogen and oxygen atoms in total. The number of hydrogen-bond donors (Lipinski definition) is 2. The standard InChI is InChI=1S/C17H13N3OS/c21-16-14-13(11-4-2-1-3-5-11)10-22-17(14)20-15(19-16)12-6-8-18-9-7-12/h1-10,15,20H,(H,19,21)/t15-/m0/s1. The van der Waals surface area contributed by atoms with E-state index in [1.807, 2.05) is 47.8 Å². The minimum Gasteiger partial charge on any atom is -0.353 e. The minimum atomic E-state index is -0.217. The van der Waals surface area contributed by atoms with Crippen LogP contribution in [0.1, 0.15) is 22.1 Å². The van der Waals surface area contributed by atoms with Gasteiger partial charge in [0, 0.05) is 23.3 Å². The summed E-state index contributed by atoms with van der Waals surface area (Å²) in [6.45, 7) is 0. The molecule has 0 radical (unpaired) electrons. The number of hydrogen-bond acceptors (Lipinski definition) is 4. The number of anilines is 1. The number of pyridine rings is 1. The van der Waals surface area contributed by atoms with Crippen LogP contribution in [0.4, 0.5) is 5.00 Å². The molecule has 5 heteroatoms. The Morgan fingerprint density at radius 1 is 1.00 bits per heavy atom. The van der Waals surface area contributed by atoms with Crippen LogP contribution in [0.5, 0.6) is 0 Å².